The van der Waals surface area contributed by atoms with Crippen LogP contribution in [0.25, 0.3) is 0 Å². The van der Waals surface area contributed by atoms with Gasteiger partial charge in [0, 0.05) is 13.2 Å². The molecule has 0 amide bonds. The Balaban J connectivity index is 1.64. The van der Waals surface area contributed by atoms with Gasteiger partial charge < -0.3 is 5.11 Å². The van der Waals surface area contributed by atoms with Crippen LogP contribution in [0.5, 0.6) is 0 Å². The number of rotatable bonds is 4. The van der Waals surface area contributed by atoms with E-state index in [2.05, 4.69) is 13.8 Å². The Morgan fingerprint density at radius 1 is 1.08 bits per heavy atom. The molecule has 8 atom stereocenters. The van der Waals surface area contributed by atoms with E-state index in [-0.39, 0.29) is 11.3 Å². The van der Waals surface area contributed by atoms with Crippen LogP contribution < -0.4 is 0 Å². The third kappa shape index (κ3) is 2.85. The molecule has 2 heteroatoms. The summed E-state index contributed by atoms with van der Waals surface area (Å²) in [5.74, 6) is -1.37. The summed E-state index contributed by atoms with van der Waals surface area (Å²) in [6.07, 6.45) is 5.74. The summed E-state index contributed by atoms with van der Waals surface area (Å²) in [5, 5.41) is 9.37. The van der Waals surface area contributed by atoms with Gasteiger partial charge in [0.05, 0.1) is 0 Å². The van der Waals surface area contributed by atoms with Crippen molar-refractivity contribution in [3.8, 4) is 0 Å². The first kappa shape index (κ1) is 13.6. The van der Waals surface area contributed by atoms with Crippen molar-refractivity contribution in [2.45, 2.75) is 97.7 Å². The molecule has 0 aromatic heterocycles. The predicted molar refractivity (Wildman–Crippen MR) is 106 cm³/mol. The maximum atomic E-state index is 11.6. The quantitative estimate of drug-likeness (QED) is 0.614. The van der Waals surface area contributed by atoms with Gasteiger partial charge in [0.1, 0.15) is 0 Å². The fourth-order valence-corrected chi connectivity index (χ4v) is 8.25. The first-order chi connectivity index (χ1) is 14.2. The molecule has 1 unspecified atom stereocenters. The molecule has 4 aliphatic carbocycles. The lowest BCUT2D eigenvalue weighted by atomic mass is 9.44. The molecule has 4 saturated carbocycles. The van der Waals surface area contributed by atoms with Crippen LogP contribution in [0.1, 0.15) is 105 Å². The number of hydrogen-bond donors (Lipinski definition) is 1. The monoisotopic (exact) mass is 365 g/mol. The Morgan fingerprint density at radius 3 is 2.62 bits per heavy atom. The molecule has 0 spiro atoms. The summed E-state index contributed by atoms with van der Waals surface area (Å²) < 4.78 is 41.9. The number of carbonyl (C=O) groups is 1. The second kappa shape index (κ2) is 6.82. The SMILES string of the molecule is [2H]C([2H])(C(=O)O)C([2H])([2H])[C@@]([2H])(C)[C@H]1CC[C@H]2[C@@H]3CCC4CCCC[C@]4(C)[C@H]3CC[C@@]21C. The van der Waals surface area contributed by atoms with Crippen LogP contribution in [0.3, 0.4) is 0 Å². The van der Waals surface area contributed by atoms with Crippen LogP contribution in [-0.4, -0.2) is 11.1 Å². The molecule has 0 bridgehead atoms. The number of aliphatic carboxylic acids is 1. The van der Waals surface area contributed by atoms with Crippen LogP contribution in [0.15, 0.2) is 0 Å². The molecule has 0 aromatic rings. The van der Waals surface area contributed by atoms with Gasteiger partial charge in [0.15, 0.2) is 0 Å². The van der Waals surface area contributed by atoms with Gasteiger partial charge in [-0.3, -0.25) is 4.79 Å². The zero-order chi connectivity index (χ0) is 23.0. The molecule has 0 aromatic carbocycles. The minimum Gasteiger partial charge on any atom is -0.481 e. The summed E-state index contributed by atoms with van der Waals surface area (Å²) in [6.45, 7) is 6.19. The summed E-state index contributed by atoms with van der Waals surface area (Å²) >= 11 is 0. The van der Waals surface area contributed by atoms with Gasteiger partial charge in [-0.05, 0) is 104 Å². The van der Waals surface area contributed by atoms with Crippen LogP contribution in [0.2, 0.25) is 0 Å². The van der Waals surface area contributed by atoms with E-state index in [9.17, 15) is 9.90 Å². The molecule has 26 heavy (non-hydrogen) atoms. The van der Waals surface area contributed by atoms with Crippen molar-refractivity contribution in [3.63, 3.8) is 0 Å². The molecule has 0 saturated heterocycles. The van der Waals surface area contributed by atoms with E-state index in [0.29, 0.717) is 29.6 Å². The average Bonchev–Trinajstić information content (AvgIpc) is 3.05. The third-order valence-corrected chi connectivity index (χ3v) is 9.47. The molecule has 0 aliphatic heterocycles. The highest BCUT2D eigenvalue weighted by Crippen LogP contribution is 2.68. The van der Waals surface area contributed by atoms with Crippen LogP contribution in [-0.2, 0) is 4.79 Å². The maximum absolute atomic E-state index is 11.6. The molecular formula is C24H40O2. The molecular weight excluding hydrogens is 320 g/mol. The van der Waals surface area contributed by atoms with Gasteiger partial charge in [-0.25, -0.2) is 0 Å². The van der Waals surface area contributed by atoms with E-state index < -0.39 is 24.6 Å². The predicted octanol–water partition coefficient (Wildman–Crippen LogP) is 6.54. The Hall–Kier alpha value is -0.530. The molecule has 4 aliphatic rings. The summed E-state index contributed by atoms with van der Waals surface area (Å²) in [7, 11) is 0. The maximum Gasteiger partial charge on any atom is 0.303 e. The smallest absolute Gasteiger partial charge is 0.303 e. The minimum absolute atomic E-state index is 0.225. The molecule has 4 rings (SSSR count). The Bertz CT molecular complexity index is 737. The average molecular weight is 366 g/mol. The Labute approximate surface area is 167 Å². The van der Waals surface area contributed by atoms with Crippen molar-refractivity contribution in [3.05, 3.63) is 0 Å². The Kier molecular flexibility index (Phi) is 3.57. The van der Waals surface area contributed by atoms with Crippen molar-refractivity contribution in [2.75, 3.05) is 0 Å². The number of carboxylic acid groups (broad SMARTS) is 1. The largest absolute Gasteiger partial charge is 0.481 e. The fraction of sp³-hybridized carbons (Fsp3) is 0.958. The lowest BCUT2D eigenvalue weighted by Gasteiger charge is -2.61. The lowest BCUT2D eigenvalue weighted by molar-refractivity contribution is -0.137. The van der Waals surface area contributed by atoms with Crippen molar-refractivity contribution in [1.29, 1.82) is 0 Å². The van der Waals surface area contributed by atoms with Crippen molar-refractivity contribution in [2.24, 2.45) is 46.3 Å². The second-order valence-corrected chi connectivity index (χ2v) is 10.3. The fourth-order valence-electron chi connectivity index (χ4n) is 8.25. The van der Waals surface area contributed by atoms with Crippen LogP contribution >= 0.6 is 0 Å². The van der Waals surface area contributed by atoms with Crippen molar-refractivity contribution < 1.29 is 16.8 Å². The third-order valence-electron chi connectivity index (χ3n) is 9.47. The van der Waals surface area contributed by atoms with E-state index in [1.807, 2.05) is 0 Å². The van der Waals surface area contributed by atoms with E-state index in [1.165, 1.54) is 45.4 Å². The molecule has 0 radical (unpaired) electrons. The highest BCUT2D eigenvalue weighted by molar-refractivity contribution is 5.66. The van der Waals surface area contributed by atoms with E-state index in [0.717, 1.165) is 25.2 Å². The summed E-state index contributed by atoms with van der Waals surface area (Å²) in [6, 6.07) is 0. The van der Waals surface area contributed by atoms with Gasteiger partial charge in [-0.2, -0.15) is 0 Å². The molecule has 148 valence electrons. The first-order valence-electron chi connectivity index (χ1n) is 13.4. The molecule has 0 heterocycles. The highest BCUT2D eigenvalue weighted by atomic mass is 16.4. The zero-order valence-corrected chi connectivity index (χ0v) is 16.8. The summed E-state index contributed by atoms with van der Waals surface area (Å²) in [5.41, 5.74) is 0.192. The molecule has 4 fully saturated rings. The summed E-state index contributed by atoms with van der Waals surface area (Å²) in [4.78, 5) is 11.6. The van der Waals surface area contributed by atoms with Gasteiger partial charge in [0.25, 0.3) is 0 Å². The number of carboxylic acids is 1. The number of fused-ring (bicyclic) bond motifs is 5. The van der Waals surface area contributed by atoms with Gasteiger partial charge in [0.2, 0.25) is 0 Å². The van der Waals surface area contributed by atoms with Crippen molar-refractivity contribution >= 4 is 5.97 Å². The molecule has 2 nitrogen and oxygen atoms in total. The second-order valence-electron chi connectivity index (χ2n) is 10.3. The standard InChI is InChI=1S/C24H40O2/c1-16(7-12-22(25)26)19-10-11-20-18-9-8-17-6-4-5-14-23(17,2)21(18)13-15-24(19,20)3/h16-21H,4-15H2,1-3H3,(H,25,26)/t16-,17?,18+,19-,20+,21+,23+,24-/m1/s1/i7D2,12D2,16D. The normalized spacial score (nSPS) is 54.1. The lowest BCUT2D eigenvalue weighted by Crippen LogP contribution is -2.53. The van der Waals surface area contributed by atoms with Crippen LogP contribution in [0, 0.1) is 46.3 Å². The first-order valence-corrected chi connectivity index (χ1v) is 10.9. The van der Waals surface area contributed by atoms with Crippen LogP contribution in [0.4, 0.5) is 0 Å². The van der Waals surface area contributed by atoms with Gasteiger partial charge in [-0.15, -0.1) is 0 Å². The zero-order valence-electron chi connectivity index (χ0n) is 21.8. The number of hydrogen-bond acceptors (Lipinski definition) is 1. The Morgan fingerprint density at radius 2 is 1.85 bits per heavy atom. The van der Waals surface area contributed by atoms with E-state index >= 15 is 0 Å². The van der Waals surface area contributed by atoms with E-state index in [4.69, 9.17) is 6.85 Å². The molecule has 1 N–H and O–H groups in total. The topological polar surface area (TPSA) is 37.3 Å². The van der Waals surface area contributed by atoms with Crippen molar-refractivity contribution in [1.82, 2.24) is 0 Å². The van der Waals surface area contributed by atoms with Gasteiger partial charge >= 0.3 is 5.97 Å². The van der Waals surface area contributed by atoms with E-state index in [1.54, 1.807) is 0 Å². The highest BCUT2D eigenvalue weighted by Gasteiger charge is 2.60. The minimum atomic E-state index is -3.09. The van der Waals surface area contributed by atoms with Gasteiger partial charge in [-0.1, -0.05) is 33.6 Å².